The van der Waals surface area contributed by atoms with E-state index in [1.165, 1.54) is 17.0 Å². The van der Waals surface area contributed by atoms with Crippen molar-refractivity contribution < 1.29 is 9.53 Å². The molecule has 0 unspecified atom stereocenters. The van der Waals surface area contributed by atoms with Gasteiger partial charge in [-0.15, -0.1) is 0 Å². The predicted octanol–water partition coefficient (Wildman–Crippen LogP) is 1.84. The lowest BCUT2D eigenvalue weighted by atomic mass is 10.3. The van der Waals surface area contributed by atoms with Crippen LogP contribution in [-0.2, 0) is 17.8 Å². The maximum Gasteiger partial charge on any atom is 0.253 e. The first-order chi connectivity index (χ1) is 10.6. The maximum atomic E-state index is 12.1. The zero-order valence-corrected chi connectivity index (χ0v) is 12.7. The third-order valence-corrected chi connectivity index (χ3v) is 3.07. The fraction of sp³-hybridized carbons (Fsp3) is 0.312. The van der Waals surface area contributed by atoms with Crippen molar-refractivity contribution in [3.63, 3.8) is 0 Å². The maximum absolute atomic E-state index is 12.1. The largest absolute Gasteiger partial charge is 0.492 e. The Morgan fingerprint density at radius 2 is 2.09 bits per heavy atom. The number of hydrogen-bond donors (Lipinski definition) is 1. The Hall–Kier alpha value is -2.63. The monoisotopic (exact) mass is 301 g/mol. The Bertz CT molecular complexity index is 710. The first-order valence-electron chi connectivity index (χ1n) is 7.21. The fourth-order valence-corrected chi connectivity index (χ4v) is 1.97. The third-order valence-electron chi connectivity index (χ3n) is 3.07. The molecular weight excluding hydrogens is 282 g/mol. The summed E-state index contributed by atoms with van der Waals surface area (Å²) in [5.74, 6) is 0.297. The number of carbonyl (C=O) groups excluding carboxylic acids is 1. The number of aryl methyl sites for hydroxylation is 1. The van der Waals surface area contributed by atoms with E-state index in [9.17, 15) is 9.59 Å². The molecule has 2 aromatic rings. The van der Waals surface area contributed by atoms with E-state index in [1.807, 2.05) is 26.0 Å². The van der Waals surface area contributed by atoms with Gasteiger partial charge in [0.25, 0.3) is 5.56 Å². The highest BCUT2D eigenvalue weighted by atomic mass is 16.5. The SMILES string of the molecule is CCOc1ccccc1NC(=O)Cn1cnc(CC)cc1=O. The minimum absolute atomic E-state index is 0.0870. The minimum atomic E-state index is -0.305. The van der Waals surface area contributed by atoms with Crippen molar-refractivity contribution in [1.82, 2.24) is 9.55 Å². The molecule has 0 saturated carbocycles. The van der Waals surface area contributed by atoms with Crippen LogP contribution in [0.3, 0.4) is 0 Å². The van der Waals surface area contributed by atoms with Crippen molar-refractivity contribution in [3.8, 4) is 5.75 Å². The number of carbonyl (C=O) groups is 1. The van der Waals surface area contributed by atoms with E-state index in [2.05, 4.69) is 10.3 Å². The second kappa shape index (κ2) is 7.40. The second-order valence-corrected chi connectivity index (χ2v) is 4.68. The molecular formula is C16H19N3O3. The molecule has 0 atom stereocenters. The molecule has 6 nitrogen and oxygen atoms in total. The molecule has 0 spiro atoms. The van der Waals surface area contributed by atoms with Gasteiger partial charge in [0.1, 0.15) is 12.3 Å². The van der Waals surface area contributed by atoms with E-state index < -0.39 is 0 Å². The van der Waals surface area contributed by atoms with Crippen LogP contribution in [0, 0.1) is 0 Å². The Balaban J connectivity index is 2.09. The van der Waals surface area contributed by atoms with Crippen molar-refractivity contribution in [3.05, 3.63) is 52.7 Å². The van der Waals surface area contributed by atoms with E-state index in [1.54, 1.807) is 12.1 Å². The summed E-state index contributed by atoms with van der Waals surface area (Å²) in [4.78, 5) is 28.1. The van der Waals surface area contributed by atoms with Crippen LogP contribution in [0.2, 0.25) is 0 Å². The summed E-state index contributed by atoms with van der Waals surface area (Å²) in [7, 11) is 0. The molecule has 0 saturated heterocycles. The van der Waals surface area contributed by atoms with Crippen molar-refractivity contribution in [2.45, 2.75) is 26.8 Å². The van der Waals surface area contributed by atoms with Gasteiger partial charge >= 0.3 is 0 Å². The normalized spacial score (nSPS) is 10.3. The van der Waals surface area contributed by atoms with Crippen LogP contribution in [0.5, 0.6) is 5.75 Å². The van der Waals surface area contributed by atoms with Crippen LogP contribution in [0.1, 0.15) is 19.5 Å². The summed E-state index contributed by atoms with van der Waals surface area (Å²) in [6.45, 7) is 4.22. The van der Waals surface area contributed by atoms with Gasteiger partial charge in [-0.1, -0.05) is 19.1 Å². The van der Waals surface area contributed by atoms with Gasteiger partial charge in [-0.05, 0) is 25.5 Å². The van der Waals surface area contributed by atoms with Crippen molar-refractivity contribution in [1.29, 1.82) is 0 Å². The molecule has 0 aliphatic rings. The number of aromatic nitrogens is 2. The number of anilines is 1. The molecule has 116 valence electrons. The van der Waals surface area contributed by atoms with E-state index in [-0.39, 0.29) is 18.0 Å². The van der Waals surface area contributed by atoms with E-state index >= 15 is 0 Å². The molecule has 0 fully saturated rings. The molecule has 2 rings (SSSR count). The smallest absolute Gasteiger partial charge is 0.253 e. The van der Waals surface area contributed by atoms with Crippen LogP contribution in [0.15, 0.2) is 41.5 Å². The molecule has 6 heteroatoms. The number of hydrogen-bond acceptors (Lipinski definition) is 4. The Kier molecular flexibility index (Phi) is 5.30. The number of ether oxygens (including phenoxy) is 1. The number of amides is 1. The van der Waals surface area contributed by atoms with E-state index in [4.69, 9.17) is 4.74 Å². The van der Waals surface area contributed by atoms with Crippen LogP contribution in [0.25, 0.3) is 0 Å². The Labute approximate surface area is 128 Å². The molecule has 1 N–H and O–H groups in total. The Morgan fingerprint density at radius 3 is 2.77 bits per heavy atom. The standard InChI is InChI=1S/C16H19N3O3/c1-3-12-9-16(21)19(11-17-12)10-15(20)18-13-7-5-6-8-14(13)22-4-2/h5-9,11H,3-4,10H2,1-2H3,(H,18,20). The van der Waals surface area contributed by atoms with Crippen molar-refractivity contribution in [2.24, 2.45) is 0 Å². The summed E-state index contributed by atoms with van der Waals surface area (Å²) < 4.78 is 6.72. The summed E-state index contributed by atoms with van der Waals surface area (Å²) >= 11 is 0. The van der Waals surface area contributed by atoms with E-state index in [0.717, 1.165) is 0 Å². The average molecular weight is 301 g/mol. The molecule has 0 aliphatic heterocycles. The molecule has 0 bridgehead atoms. The average Bonchev–Trinajstić information content (AvgIpc) is 2.51. The fourth-order valence-electron chi connectivity index (χ4n) is 1.97. The van der Waals surface area contributed by atoms with Crippen LogP contribution >= 0.6 is 0 Å². The first kappa shape index (κ1) is 15.8. The summed E-state index contributed by atoms with van der Waals surface area (Å²) in [5.41, 5.74) is 1.06. The van der Waals surface area contributed by atoms with Crippen LogP contribution in [0.4, 0.5) is 5.69 Å². The Morgan fingerprint density at radius 1 is 1.32 bits per heavy atom. The summed E-state index contributed by atoms with van der Waals surface area (Å²) in [6, 6.07) is 8.62. The topological polar surface area (TPSA) is 73.2 Å². The number of nitrogens with zero attached hydrogens (tertiary/aromatic N) is 2. The third kappa shape index (κ3) is 3.94. The molecule has 1 amide bonds. The van der Waals surface area contributed by atoms with Gasteiger partial charge in [-0.3, -0.25) is 14.2 Å². The lowest BCUT2D eigenvalue weighted by molar-refractivity contribution is -0.116. The van der Waals surface area contributed by atoms with Gasteiger partial charge in [0.2, 0.25) is 5.91 Å². The molecule has 1 aromatic heterocycles. The highest BCUT2D eigenvalue weighted by molar-refractivity contribution is 5.92. The van der Waals surface area contributed by atoms with Crippen LogP contribution in [-0.4, -0.2) is 22.1 Å². The minimum Gasteiger partial charge on any atom is -0.492 e. The highest BCUT2D eigenvalue weighted by Crippen LogP contribution is 2.23. The zero-order valence-electron chi connectivity index (χ0n) is 12.7. The van der Waals surface area contributed by atoms with Gasteiger partial charge in [-0.25, -0.2) is 4.98 Å². The number of benzene rings is 1. The van der Waals surface area contributed by atoms with Crippen molar-refractivity contribution in [2.75, 3.05) is 11.9 Å². The summed E-state index contributed by atoms with van der Waals surface area (Å²) in [5, 5.41) is 2.75. The van der Waals surface area contributed by atoms with E-state index in [0.29, 0.717) is 30.2 Å². The summed E-state index contributed by atoms with van der Waals surface area (Å²) in [6.07, 6.45) is 2.08. The number of nitrogens with one attached hydrogen (secondary N) is 1. The second-order valence-electron chi connectivity index (χ2n) is 4.68. The molecule has 1 aromatic carbocycles. The quantitative estimate of drug-likeness (QED) is 0.883. The number of para-hydroxylation sites is 2. The highest BCUT2D eigenvalue weighted by Gasteiger charge is 2.09. The first-order valence-corrected chi connectivity index (χ1v) is 7.21. The number of rotatable bonds is 6. The zero-order chi connectivity index (χ0) is 15.9. The lowest BCUT2D eigenvalue weighted by Crippen LogP contribution is -2.28. The van der Waals surface area contributed by atoms with Gasteiger partial charge in [0, 0.05) is 11.8 Å². The van der Waals surface area contributed by atoms with Gasteiger partial charge in [0.05, 0.1) is 18.6 Å². The van der Waals surface area contributed by atoms with Gasteiger partial charge in [-0.2, -0.15) is 0 Å². The van der Waals surface area contributed by atoms with Crippen molar-refractivity contribution >= 4 is 11.6 Å². The molecule has 0 radical (unpaired) electrons. The molecule has 0 aliphatic carbocycles. The van der Waals surface area contributed by atoms with Gasteiger partial charge in [0.15, 0.2) is 0 Å². The van der Waals surface area contributed by atoms with Gasteiger partial charge < -0.3 is 10.1 Å². The lowest BCUT2D eigenvalue weighted by Gasteiger charge is -2.11. The van der Waals surface area contributed by atoms with Crippen LogP contribution < -0.4 is 15.6 Å². The predicted molar refractivity (Wildman–Crippen MR) is 84.1 cm³/mol. The molecule has 1 heterocycles. The molecule has 22 heavy (non-hydrogen) atoms.